The number of aryl methyl sites for hydroxylation is 1. The second-order valence-electron chi connectivity index (χ2n) is 5.17. The highest BCUT2D eigenvalue weighted by atomic mass is 15.2. The van der Waals surface area contributed by atoms with Crippen molar-refractivity contribution < 1.29 is 0 Å². The van der Waals surface area contributed by atoms with Crippen molar-refractivity contribution >= 4 is 5.69 Å². The number of nitrogens with one attached hydrogen (secondary N) is 1. The predicted molar refractivity (Wildman–Crippen MR) is 74.7 cm³/mol. The van der Waals surface area contributed by atoms with Crippen LogP contribution in [-0.4, -0.2) is 26.2 Å². The van der Waals surface area contributed by atoms with Crippen LogP contribution in [0.1, 0.15) is 25.8 Å². The molecule has 1 aromatic carbocycles. The fraction of sp³-hybridized carbons (Fsp3) is 0.600. The average Bonchev–Trinajstić information content (AvgIpc) is 2.55. The van der Waals surface area contributed by atoms with Crippen LogP contribution >= 0.6 is 0 Å². The summed E-state index contributed by atoms with van der Waals surface area (Å²) in [6, 6.07) is 9.12. The van der Waals surface area contributed by atoms with Crippen molar-refractivity contribution in [3.8, 4) is 0 Å². The summed E-state index contributed by atoms with van der Waals surface area (Å²) in [5.41, 5.74) is 2.83. The minimum absolute atomic E-state index is 0.729. The lowest BCUT2D eigenvalue weighted by Crippen LogP contribution is -2.29. The Morgan fingerprint density at radius 1 is 1.29 bits per heavy atom. The lowest BCUT2D eigenvalue weighted by Gasteiger charge is -2.24. The molecule has 1 fully saturated rings. The molecule has 2 rings (SSSR count). The standard InChI is InChI=1S/C15H24N2/c1-3-4-14-5-7-15(8-6-14)17-10-9-16-11-13(2)12-17/h5-8,13,16H,3-4,9-12H2,1-2H3. The van der Waals surface area contributed by atoms with Gasteiger partial charge in [-0.25, -0.2) is 0 Å². The van der Waals surface area contributed by atoms with Gasteiger partial charge in [-0.15, -0.1) is 0 Å². The molecular formula is C15H24N2. The van der Waals surface area contributed by atoms with E-state index in [0.717, 1.165) is 25.6 Å². The first kappa shape index (κ1) is 12.4. The maximum Gasteiger partial charge on any atom is 0.0366 e. The van der Waals surface area contributed by atoms with Gasteiger partial charge in [0.05, 0.1) is 0 Å². The van der Waals surface area contributed by atoms with Crippen LogP contribution in [0.3, 0.4) is 0 Å². The maximum absolute atomic E-state index is 3.49. The molecule has 94 valence electrons. The summed E-state index contributed by atoms with van der Waals surface area (Å²) in [5.74, 6) is 0.729. The van der Waals surface area contributed by atoms with Crippen molar-refractivity contribution in [3.05, 3.63) is 29.8 Å². The van der Waals surface area contributed by atoms with Gasteiger partial charge >= 0.3 is 0 Å². The van der Waals surface area contributed by atoms with Gasteiger partial charge in [0, 0.05) is 25.3 Å². The molecule has 1 aliphatic rings. The zero-order valence-electron chi connectivity index (χ0n) is 11.1. The molecule has 0 amide bonds. The lowest BCUT2D eigenvalue weighted by atomic mass is 10.1. The van der Waals surface area contributed by atoms with Gasteiger partial charge in [0.15, 0.2) is 0 Å². The number of nitrogens with zero attached hydrogens (tertiary/aromatic N) is 1. The topological polar surface area (TPSA) is 15.3 Å². The molecule has 1 heterocycles. The van der Waals surface area contributed by atoms with Gasteiger partial charge in [-0.3, -0.25) is 0 Å². The highest BCUT2D eigenvalue weighted by molar-refractivity contribution is 5.48. The average molecular weight is 232 g/mol. The SMILES string of the molecule is CCCc1ccc(N2CCNCC(C)C2)cc1. The molecule has 1 N–H and O–H groups in total. The fourth-order valence-electron chi connectivity index (χ4n) is 2.49. The van der Waals surface area contributed by atoms with Gasteiger partial charge in [0.2, 0.25) is 0 Å². The van der Waals surface area contributed by atoms with Crippen LogP contribution in [0.15, 0.2) is 24.3 Å². The first-order valence-corrected chi connectivity index (χ1v) is 6.84. The summed E-state index contributed by atoms with van der Waals surface area (Å²) >= 11 is 0. The Morgan fingerprint density at radius 3 is 2.76 bits per heavy atom. The van der Waals surface area contributed by atoms with Crippen LogP contribution in [0.5, 0.6) is 0 Å². The van der Waals surface area contributed by atoms with E-state index in [4.69, 9.17) is 0 Å². The Kier molecular flexibility index (Phi) is 4.43. The van der Waals surface area contributed by atoms with E-state index < -0.39 is 0 Å². The van der Waals surface area contributed by atoms with E-state index in [-0.39, 0.29) is 0 Å². The fourth-order valence-corrected chi connectivity index (χ4v) is 2.49. The van der Waals surface area contributed by atoms with Gasteiger partial charge in [0.25, 0.3) is 0 Å². The number of benzene rings is 1. The first-order valence-electron chi connectivity index (χ1n) is 6.84. The van der Waals surface area contributed by atoms with Crippen LogP contribution in [0.4, 0.5) is 5.69 Å². The van der Waals surface area contributed by atoms with Gasteiger partial charge in [-0.1, -0.05) is 32.4 Å². The van der Waals surface area contributed by atoms with Crippen LogP contribution in [-0.2, 0) is 6.42 Å². The van der Waals surface area contributed by atoms with E-state index in [1.807, 2.05) is 0 Å². The number of hydrogen-bond acceptors (Lipinski definition) is 2. The molecule has 0 aliphatic carbocycles. The van der Waals surface area contributed by atoms with Gasteiger partial charge in [-0.05, 0) is 36.6 Å². The normalized spacial score (nSPS) is 21.3. The largest absolute Gasteiger partial charge is 0.370 e. The Hall–Kier alpha value is -1.02. The molecule has 0 spiro atoms. The lowest BCUT2D eigenvalue weighted by molar-refractivity contribution is 0.564. The third kappa shape index (κ3) is 3.47. The molecule has 0 radical (unpaired) electrons. The van der Waals surface area contributed by atoms with E-state index in [0.29, 0.717) is 0 Å². The Morgan fingerprint density at radius 2 is 2.06 bits per heavy atom. The molecule has 17 heavy (non-hydrogen) atoms. The molecule has 0 bridgehead atoms. The smallest absolute Gasteiger partial charge is 0.0366 e. The summed E-state index contributed by atoms with van der Waals surface area (Å²) < 4.78 is 0. The summed E-state index contributed by atoms with van der Waals surface area (Å²) in [4.78, 5) is 2.50. The van der Waals surface area contributed by atoms with E-state index >= 15 is 0 Å². The van der Waals surface area contributed by atoms with Gasteiger partial charge in [0.1, 0.15) is 0 Å². The Labute approximate surface area is 105 Å². The molecule has 1 saturated heterocycles. The van der Waals surface area contributed by atoms with Gasteiger partial charge < -0.3 is 10.2 Å². The summed E-state index contributed by atoms with van der Waals surface area (Å²) in [7, 11) is 0. The summed E-state index contributed by atoms with van der Waals surface area (Å²) in [5, 5.41) is 3.49. The van der Waals surface area contributed by atoms with Crippen molar-refractivity contribution in [1.82, 2.24) is 5.32 Å². The van der Waals surface area contributed by atoms with E-state index in [1.54, 1.807) is 0 Å². The molecule has 0 aromatic heterocycles. The molecule has 2 nitrogen and oxygen atoms in total. The second kappa shape index (κ2) is 6.06. The molecule has 0 saturated carbocycles. The Balaban J connectivity index is 2.04. The van der Waals surface area contributed by atoms with Crippen LogP contribution < -0.4 is 10.2 Å². The molecule has 1 unspecified atom stereocenters. The third-order valence-corrected chi connectivity index (χ3v) is 3.42. The zero-order chi connectivity index (χ0) is 12.1. The number of rotatable bonds is 3. The molecule has 2 heteroatoms. The number of hydrogen-bond donors (Lipinski definition) is 1. The van der Waals surface area contributed by atoms with Gasteiger partial charge in [-0.2, -0.15) is 0 Å². The molecule has 1 aliphatic heterocycles. The summed E-state index contributed by atoms with van der Waals surface area (Å²) in [6.45, 7) is 9.08. The minimum atomic E-state index is 0.729. The van der Waals surface area contributed by atoms with Crippen LogP contribution in [0.25, 0.3) is 0 Å². The van der Waals surface area contributed by atoms with Crippen molar-refractivity contribution in [2.45, 2.75) is 26.7 Å². The second-order valence-corrected chi connectivity index (χ2v) is 5.17. The van der Waals surface area contributed by atoms with Crippen molar-refractivity contribution in [3.63, 3.8) is 0 Å². The highest BCUT2D eigenvalue weighted by Crippen LogP contribution is 2.18. The van der Waals surface area contributed by atoms with Crippen molar-refractivity contribution in [1.29, 1.82) is 0 Å². The van der Waals surface area contributed by atoms with Crippen molar-refractivity contribution in [2.24, 2.45) is 5.92 Å². The zero-order valence-corrected chi connectivity index (χ0v) is 11.1. The molecule has 1 atom stereocenters. The monoisotopic (exact) mass is 232 g/mol. The minimum Gasteiger partial charge on any atom is -0.370 e. The van der Waals surface area contributed by atoms with E-state index in [2.05, 4.69) is 48.3 Å². The maximum atomic E-state index is 3.49. The van der Waals surface area contributed by atoms with Crippen LogP contribution in [0.2, 0.25) is 0 Å². The van der Waals surface area contributed by atoms with E-state index in [1.165, 1.54) is 30.6 Å². The van der Waals surface area contributed by atoms with Crippen LogP contribution in [0, 0.1) is 5.92 Å². The predicted octanol–water partition coefficient (Wildman–Crippen LogP) is 2.68. The third-order valence-electron chi connectivity index (χ3n) is 3.42. The quantitative estimate of drug-likeness (QED) is 0.862. The summed E-state index contributed by atoms with van der Waals surface area (Å²) in [6.07, 6.45) is 2.42. The highest BCUT2D eigenvalue weighted by Gasteiger charge is 2.14. The number of anilines is 1. The Bertz CT molecular complexity index is 331. The molecule has 1 aromatic rings. The first-order chi connectivity index (χ1) is 8.29. The van der Waals surface area contributed by atoms with E-state index in [9.17, 15) is 0 Å². The van der Waals surface area contributed by atoms with Crippen molar-refractivity contribution in [2.75, 3.05) is 31.1 Å². The molecular weight excluding hydrogens is 208 g/mol.